The van der Waals surface area contributed by atoms with Crippen LogP contribution in [0.2, 0.25) is 0 Å². The first kappa shape index (κ1) is 15.0. The number of nitrogens with one attached hydrogen (secondary N) is 2. The van der Waals surface area contributed by atoms with Crippen LogP contribution in [0.25, 0.3) is 0 Å². The lowest BCUT2D eigenvalue weighted by molar-refractivity contribution is -0.142. The number of benzene rings is 1. The molecule has 0 saturated carbocycles. The molecule has 1 aromatic rings. The van der Waals surface area contributed by atoms with E-state index in [1.54, 1.807) is 12.1 Å². The molecule has 1 aromatic carbocycles. The minimum Gasteiger partial charge on any atom is -0.495 e. The van der Waals surface area contributed by atoms with Crippen molar-refractivity contribution in [1.29, 1.82) is 0 Å². The van der Waals surface area contributed by atoms with Gasteiger partial charge in [0, 0.05) is 0 Å². The van der Waals surface area contributed by atoms with Gasteiger partial charge < -0.3 is 15.2 Å². The fourth-order valence-electron chi connectivity index (χ4n) is 1.63. The normalized spacial score (nSPS) is 11.8. The van der Waals surface area contributed by atoms with Crippen molar-refractivity contribution < 1.29 is 19.4 Å². The van der Waals surface area contributed by atoms with Crippen molar-refractivity contribution in [2.24, 2.45) is 0 Å². The standard InChI is InChI=1S/C13H18N2O4/c1-7-5-9(10(19-4)6-8(7)2)15-12(16)11(14-3)13(17)18/h5-6,11,14H,1-4H3,(H,15,16)(H,17,18). The van der Waals surface area contributed by atoms with Crippen LogP contribution in [-0.2, 0) is 9.59 Å². The Morgan fingerprint density at radius 3 is 2.32 bits per heavy atom. The lowest BCUT2D eigenvalue weighted by Gasteiger charge is -2.15. The molecule has 3 N–H and O–H groups in total. The van der Waals surface area contributed by atoms with Crippen LogP contribution in [0.15, 0.2) is 12.1 Å². The fourth-order valence-corrected chi connectivity index (χ4v) is 1.63. The van der Waals surface area contributed by atoms with Gasteiger partial charge >= 0.3 is 5.97 Å². The molecular formula is C13H18N2O4. The van der Waals surface area contributed by atoms with Gasteiger partial charge in [0.2, 0.25) is 0 Å². The molecule has 6 nitrogen and oxygen atoms in total. The highest BCUT2D eigenvalue weighted by atomic mass is 16.5. The van der Waals surface area contributed by atoms with Crippen molar-refractivity contribution in [2.75, 3.05) is 19.5 Å². The van der Waals surface area contributed by atoms with Crippen molar-refractivity contribution in [3.63, 3.8) is 0 Å². The highest BCUT2D eigenvalue weighted by Gasteiger charge is 2.25. The van der Waals surface area contributed by atoms with E-state index in [1.807, 2.05) is 13.8 Å². The maximum Gasteiger partial charge on any atom is 0.330 e. The summed E-state index contributed by atoms with van der Waals surface area (Å²) in [6.45, 7) is 3.83. The van der Waals surface area contributed by atoms with Gasteiger partial charge in [0.05, 0.1) is 12.8 Å². The zero-order valence-electron chi connectivity index (χ0n) is 11.4. The maximum atomic E-state index is 11.8. The van der Waals surface area contributed by atoms with E-state index in [-0.39, 0.29) is 0 Å². The Morgan fingerprint density at radius 2 is 1.84 bits per heavy atom. The van der Waals surface area contributed by atoms with Gasteiger partial charge in [0.25, 0.3) is 5.91 Å². The van der Waals surface area contributed by atoms with Crippen LogP contribution in [0.4, 0.5) is 5.69 Å². The number of carbonyl (C=O) groups excluding carboxylic acids is 1. The number of ether oxygens (including phenoxy) is 1. The van der Waals surface area contributed by atoms with Crippen LogP contribution in [0.1, 0.15) is 11.1 Å². The Labute approximate surface area is 111 Å². The summed E-state index contributed by atoms with van der Waals surface area (Å²) in [4.78, 5) is 22.7. The number of methoxy groups -OCH3 is 1. The third kappa shape index (κ3) is 3.45. The lowest BCUT2D eigenvalue weighted by atomic mass is 10.1. The summed E-state index contributed by atoms with van der Waals surface area (Å²) >= 11 is 0. The molecule has 0 aromatic heterocycles. The SMILES string of the molecule is CNC(C(=O)O)C(=O)Nc1cc(C)c(C)cc1OC. The summed E-state index contributed by atoms with van der Waals surface area (Å²) in [5, 5.41) is 13.9. The molecule has 0 aliphatic carbocycles. The van der Waals surface area contributed by atoms with E-state index in [4.69, 9.17) is 9.84 Å². The van der Waals surface area contributed by atoms with E-state index in [2.05, 4.69) is 10.6 Å². The van der Waals surface area contributed by atoms with Gasteiger partial charge in [0.1, 0.15) is 5.75 Å². The van der Waals surface area contributed by atoms with Gasteiger partial charge in [-0.3, -0.25) is 10.1 Å². The number of amides is 1. The molecule has 0 aliphatic rings. The third-order valence-corrected chi connectivity index (χ3v) is 2.87. The first-order valence-electron chi connectivity index (χ1n) is 5.76. The molecule has 1 amide bonds. The number of hydrogen-bond acceptors (Lipinski definition) is 4. The van der Waals surface area contributed by atoms with Crippen molar-refractivity contribution in [3.05, 3.63) is 23.3 Å². The second kappa shape index (κ2) is 6.19. The first-order chi connectivity index (χ1) is 8.90. The second-order valence-corrected chi connectivity index (χ2v) is 4.19. The summed E-state index contributed by atoms with van der Waals surface area (Å²) in [6, 6.07) is 2.24. The Kier molecular flexibility index (Phi) is 4.88. The van der Waals surface area contributed by atoms with Crippen LogP contribution in [0.3, 0.4) is 0 Å². The van der Waals surface area contributed by atoms with Crippen LogP contribution in [0.5, 0.6) is 5.75 Å². The molecule has 0 aliphatic heterocycles. The molecular weight excluding hydrogens is 248 g/mol. The van der Waals surface area contributed by atoms with Crippen LogP contribution < -0.4 is 15.4 Å². The molecule has 0 radical (unpaired) electrons. The number of carboxylic acid groups (broad SMARTS) is 1. The summed E-state index contributed by atoms with van der Waals surface area (Å²) in [5.74, 6) is -1.38. The molecule has 6 heteroatoms. The third-order valence-electron chi connectivity index (χ3n) is 2.87. The molecule has 1 atom stereocenters. The first-order valence-corrected chi connectivity index (χ1v) is 5.76. The molecule has 0 fully saturated rings. The van der Waals surface area contributed by atoms with Crippen molar-refractivity contribution in [3.8, 4) is 5.75 Å². The van der Waals surface area contributed by atoms with E-state index < -0.39 is 17.9 Å². The quantitative estimate of drug-likeness (QED) is 0.690. The number of anilines is 1. The van der Waals surface area contributed by atoms with Gasteiger partial charge in [-0.05, 0) is 44.2 Å². The summed E-state index contributed by atoms with van der Waals surface area (Å²) in [5.41, 5.74) is 2.46. The fraction of sp³-hybridized carbons (Fsp3) is 0.385. The largest absolute Gasteiger partial charge is 0.495 e. The van der Waals surface area contributed by atoms with Crippen LogP contribution in [0, 0.1) is 13.8 Å². The maximum absolute atomic E-state index is 11.8. The minimum atomic E-state index is -1.30. The Morgan fingerprint density at radius 1 is 1.26 bits per heavy atom. The van der Waals surface area contributed by atoms with Crippen molar-refractivity contribution in [2.45, 2.75) is 19.9 Å². The van der Waals surface area contributed by atoms with E-state index in [1.165, 1.54) is 14.2 Å². The molecule has 0 saturated heterocycles. The molecule has 19 heavy (non-hydrogen) atoms. The summed E-state index contributed by atoms with van der Waals surface area (Å²) in [6.07, 6.45) is 0. The van der Waals surface area contributed by atoms with Gasteiger partial charge in [-0.2, -0.15) is 0 Å². The van der Waals surface area contributed by atoms with Crippen molar-refractivity contribution in [1.82, 2.24) is 5.32 Å². The molecule has 1 rings (SSSR count). The van der Waals surface area contributed by atoms with E-state index in [9.17, 15) is 9.59 Å². The predicted octanol–water partition coefficient (Wildman–Crippen LogP) is 0.923. The van der Waals surface area contributed by atoms with E-state index in [0.717, 1.165) is 11.1 Å². The molecule has 1 unspecified atom stereocenters. The van der Waals surface area contributed by atoms with E-state index in [0.29, 0.717) is 11.4 Å². The topological polar surface area (TPSA) is 87.7 Å². The Balaban J connectivity index is 3.02. The average molecular weight is 266 g/mol. The summed E-state index contributed by atoms with van der Waals surface area (Å²) < 4.78 is 5.17. The monoisotopic (exact) mass is 266 g/mol. The van der Waals surface area contributed by atoms with Crippen LogP contribution >= 0.6 is 0 Å². The number of likely N-dealkylation sites (N-methyl/N-ethyl adjacent to an activating group) is 1. The predicted molar refractivity (Wildman–Crippen MR) is 71.6 cm³/mol. The molecule has 0 spiro atoms. The highest BCUT2D eigenvalue weighted by Crippen LogP contribution is 2.28. The van der Waals surface area contributed by atoms with E-state index >= 15 is 0 Å². The highest BCUT2D eigenvalue weighted by molar-refractivity contribution is 6.08. The molecule has 0 bridgehead atoms. The Bertz CT molecular complexity index is 500. The van der Waals surface area contributed by atoms with Crippen LogP contribution in [-0.4, -0.2) is 37.2 Å². The average Bonchev–Trinajstić information content (AvgIpc) is 2.33. The molecule has 0 heterocycles. The Hall–Kier alpha value is -2.08. The number of aliphatic carboxylic acids is 1. The second-order valence-electron chi connectivity index (χ2n) is 4.19. The smallest absolute Gasteiger partial charge is 0.330 e. The van der Waals surface area contributed by atoms with Gasteiger partial charge in [-0.1, -0.05) is 0 Å². The summed E-state index contributed by atoms with van der Waals surface area (Å²) in [7, 11) is 2.91. The minimum absolute atomic E-state index is 0.456. The zero-order chi connectivity index (χ0) is 14.6. The number of carboxylic acids is 1. The number of carbonyl (C=O) groups is 2. The van der Waals surface area contributed by atoms with Gasteiger partial charge in [-0.15, -0.1) is 0 Å². The molecule has 104 valence electrons. The lowest BCUT2D eigenvalue weighted by Crippen LogP contribution is -2.44. The number of rotatable bonds is 5. The van der Waals surface area contributed by atoms with Gasteiger partial charge in [-0.25, -0.2) is 4.79 Å². The zero-order valence-corrected chi connectivity index (χ0v) is 11.4. The van der Waals surface area contributed by atoms with Crippen molar-refractivity contribution >= 4 is 17.6 Å². The number of aryl methyl sites for hydroxylation is 2. The van der Waals surface area contributed by atoms with Gasteiger partial charge in [0.15, 0.2) is 6.04 Å². The number of hydrogen-bond donors (Lipinski definition) is 3.